The maximum absolute atomic E-state index is 12.5. The van der Waals surface area contributed by atoms with E-state index in [1.54, 1.807) is 12.1 Å². The summed E-state index contributed by atoms with van der Waals surface area (Å²) < 4.78 is 45.7. The van der Waals surface area contributed by atoms with E-state index in [9.17, 15) is 5.11 Å². The summed E-state index contributed by atoms with van der Waals surface area (Å²) in [4.78, 5) is 10.4. The summed E-state index contributed by atoms with van der Waals surface area (Å²) in [6, 6.07) is 44.9. The summed E-state index contributed by atoms with van der Waals surface area (Å²) >= 11 is 0. The number of pyridine rings is 1. The van der Waals surface area contributed by atoms with E-state index in [-0.39, 0.29) is 28.8 Å². The molecule has 7 aromatic carbocycles. The number of benzene rings is 7. The third-order valence-corrected chi connectivity index (χ3v) is 11.4. The second kappa shape index (κ2) is 15.5. The highest BCUT2D eigenvalue weighted by Crippen LogP contribution is 2.46. The second-order valence-electron chi connectivity index (χ2n) is 17.8. The van der Waals surface area contributed by atoms with Gasteiger partial charge in [-0.05, 0) is 105 Å². The molecule has 4 nitrogen and oxygen atoms in total. The lowest BCUT2D eigenvalue weighted by Gasteiger charge is -2.27. The third kappa shape index (κ3) is 7.66. The maximum Gasteiger partial charge on any atom is 0.149 e. The first kappa shape index (κ1) is 33.8. The minimum absolute atomic E-state index is 0.0733. The lowest BCUT2D eigenvalue weighted by molar-refractivity contribution is 0.446. The fraction of sp³-hybridized carbons (Fsp3) is 0.158. The van der Waals surface area contributed by atoms with Crippen LogP contribution >= 0.6 is 0 Å². The zero-order chi connectivity index (χ0) is 46.8. The number of phenolic OH excluding ortho intramolecular Hbond substituents is 1. The van der Waals surface area contributed by atoms with Crippen molar-refractivity contribution in [3.05, 3.63) is 193 Å². The zero-order valence-corrected chi connectivity index (χ0v) is 35.6. The van der Waals surface area contributed by atoms with Crippen LogP contribution in [0.2, 0.25) is 0 Å². The summed E-state index contributed by atoms with van der Waals surface area (Å²) in [5.74, 6) is 0.542. The highest BCUT2D eigenvalue weighted by molar-refractivity contribution is 5.98. The molecule has 0 saturated carbocycles. The van der Waals surface area contributed by atoms with Crippen molar-refractivity contribution in [2.24, 2.45) is 0 Å². The highest BCUT2D eigenvalue weighted by atomic mass is 16.3. The third-order valence-electron chi connectivity index (χ3n) is 11.4. The second-order valence-corrected chi connectivity index (χ2v) is 17.8. The summed E-state index contributed by atoms with van der Waals surface area (Å²) in [7, 11) is 0. The van der Waals surface area contributed by atoms with Crippen LogP contribution in [-0.4, -0.2) is 19.6 Å². The Labute approximate surface area is 366 Å². The van der Waals surface area contributed by atoms with Gasteiger partial charge >= 0.3 is 0 Å². The summed E-state index contributed by atoms with van der Waals surface area (Å²) in [6.07, 6.45) is 1.85. The monoisotopic (exact) mass is 798 g/mol. The molecule has 1 N–H and O–H groups in total. The molecule has 0 amide bonds. The van der Waals surface area contributed by atoms with Gasteiger partial charge in [-0.1, -0.05) is 168 Å². The first-order valence-electron chi connectivity index (χ1n) is 23.2. The Morgan fingerprint density at radius 3 is 1.97 bits per heavy atom. The molecule has 0 atom stereocenters. The minimum atomic E-state index is -0.461. The summed E-state index contributed by atoms with van der Waals surface area (Å²) in [6.45, 7) is 14.8. The lowest BCUT2D eigenvalue weighted by atomic mass is 9.79. The minimum Gasteiger partial charge on any atom is -0.507 e. The van der Waals surface area contributed by atoms with Gasteiger partial charge in [0.05, 0.1) is 34.8 Å². The van der Waals surface area contributed by atoms with Crippen molar-refractivity contribution in [2.45, 2.75) is 59.3 Å². The van der Waals surface area contributed by atoms with Crippen molar-refractivity contribution in [1.82, 2.24) is 14.5 Å². The largest absolute Gasteiger partial charge is 0.507 e. The number of para-hydroxylation sites is 2. The molecule has 0 saturated heterocycles. The topological polar surface area (TPSA) is 50.9 Å². The number of aryl methyl sites for hydroxylation is 1. The Kier molecular flexibility index (Phi) is 8.59. The van der Waals surface area contributed by atoms with Gasteiger partial charge in [-0.2, -0.15) is 0 Å². The lowest BCUT2D eigenvalue weighted by Crippen LogP contribution is -2.17. The molecule has 0 bridgehead atoms. The van der Waals surface area contributed by atoms with Crippen LogP contribution in [0.1, 0.15) is 65.1 Å². The van der Waals surface area contributed by atoms with Crippen LogP contribution < -0.4 is 0 Å². The molecule has 0 aliphatic heterocycles. The number of rotatable bonds is 7. The molecular formula is C57H51N3O. The fourth-order valence-electron chi connectivity index (χ4n) is 8.15. The van der Waals surface area contributed by atoms with Gasteiger partial charge in [0, 0.05) is 28.5 Å². The summed E-state index contributed by atoms with van der Waals surface area (Å²) in [5, 5.41) is 12.5. The van der Waals surface area contributed by atoms with Crippen molar-refractivity contribution in [1.29, 1.82) is 0 Å². The SMILES string of the molecule is [2H]c1c([2H])c([2H])c(-c2ccccc2-n2c(-c3cc(C(C)(C)C)cc(C(C)(C)C)c3O)nc3c(-c4cc(-c5ccccc5)cc(-c5cc(-c6cccc(C)c6)ccn5)c4)cccc32)c([2H])c1[2H]. The Morgan fingerprint density at radius 1 is 0.541 bits per heavy atom. The van der Waals surface area contributed by atoms with E-state index in [2.05, 4.69) is 121 Å². The van der Waals surface area contributed by atoms with E-state index in [4.69, 9.17) is 16.8 Å². The van der Waals surface area contributed by atoms with Gasteiger partial charge in [-0.3, -0.25) is 9.55 Å². The van der Waals surface area contributed by atoms with Crippen LogP contribution in [0, 0.1) is 6.92 Å². The van der Waals surface area contributed by atoms with Crippen LogP contribution in [-0.2, 0) is 10.8 Å². The first-order valence-corrected chi connectivity index (χ1v) is 20.7. The van der Waals surface area contributed by atoms with Crippen molar-refractivity contribution >= 4 is 11.0 Å². The summed E-state index contributed by atoms with van der Waals surface area (Å²) in [5.41, 5.74) is 12.8. The van der Waals surface area contributed by atoms with Gasteiger partial charge in [0.2, 0.25) is 0 Å². The number of imidazole rings is 1. The number of aromatic nitrogens is 3. The van der Waals surface area contributed by atoms with Gasteiger partial charge in [-0.25, -0.2) is 4.98 Å². The molecule has 2 aromatic heterocycles. The number of hydrogen-bond acceptors (Lipinski definition) is 3. The van der Waals surface area contributed by atoms with E-state index in [1.165, 1.54) is 5.56 Å². The van der Waals surface area contributed by atoms with Crippen LogP contribution in [0.3, 0.4) is 0 Å². The van der Waals surface area contributed by atoms with Gasteiger partial charge in [0.15, 0.2) is 0 Å². The molecule has 4 heteroatoms. The van der Waals surface area contributed by atoms with Crippen LogP contribution in [0.4, 0.5) is 0 Å². The standard InChI is InChI=1S/C57H51N3O/c1-37-18-16-23-40(30-37)41-28-29-58-50(34-41)44-32-42(38-19-10-8-11-20-38)31-43(33-44)47-25-17-27-52-53(47)59-55(48-35-45(56(2,3)4)36-49(54(48)61)57(5,6)7)60(52)51-26-15-14-24-46(51)39-21-12-9-13-22-39/h8-36,61H,1-7H3/i9D,12D,13D,21D,22D. The van der Waals surface area contributed by atoms with Crippen molar-refractivity contribution < 1.29 is 12.0 Å². The van der Waals surface area contributed by atoms with E-state index in [1.807, 2.05) is 65.4 Å². The van der Waals surface area contributed by atoms with Gasteiger partial charge in [-0.15, -0.1) is 0 Å². The molecule has 61 heavy (non-hydrogen) atoms. The fourth-order valence-corrected chi connectivity index (χ4v) is 8.15. The normalized spacial score (nSPS) is 13.1. The molecule has 0 aliphatic carbocycles. The Morgan fingerprint density at radius 2 is 1.21 bits per heavy atom. The van der Waals surface area contributed by atoms with Crippen molar-refractivity contribution in [3.8, 4) is 78.6 Å². The maximum atomic E-state index is 12.5. The first-order chi connectivity index (χ1) is 31.4. The predicted molar refractivity (Wildman–Crippen MR) is 255 cm³/mol. The Hall–Kier alpha value is -7.04. The molecule has 0 fully saturated rings. The number of hydrogen-bond donors (Lipinski definition) is 1. The average molecular weight is 799 g/mol. The number of phenols is 1. The predicted octanol–water partition coefficient (Wildman–Crippen LogP) is 15.0. The average Bonchev–Trinajstić information content (AvgIpc) is 3.69. The number of nitrogens with zero attached hydrogens (tertiary/aromatic N) is 3. The van der Waals surface area contributed by atoms with Crippen LogP contribution in [0.25, 0.3) is 83.9 Å². The molecule has 300 valence electrons. The quantitative estimate of drug-likeness (QED) is 0.175. The van der Waals surface area contributed by atoms with E-state index in [0.29, 0.717) is 33.7 Å². The van der Waals surface area contributed by atoms with Crippen LogP contribution in [0.5, 0.6) is 5.75 Å². The molecule has 0 aliphatic rings. The van der Waals surface area contributed by atoms with E-state index in [0.717, 1.165) is 55.8 Å². The number of aromatic hydroxyl groups is 1. The number of fused-ring (bicyclic) bond motifs is 1. The molecule has 9 aromatic rings. The van der Waals surface area contributed by atoms with Crippen molar-refractivity contribution in [3.63, 3.8) is 0 Å². The molecule has 0 spiro atoms. The Bertz CT molecular complexity index is 3330. The molecule has 0 unspecified atom stereocenters. The zero-order valence-electron chi connectivity index (χ0n) is 40.6. The van der Waals surface area contributed by atoms with Gasteiger partial charge in [0.1, 0.15) is 11.6 Å². The Balaban J connectivity index is 1.37. The molecule has 2 heterocycles. The van der Waals surface area contributed by atoms with Crippen LogP contribution in [0.15, 0.2) is 176 Å². The van der Waals surface area contributed by atoms with Gasteiger partial charge < -0.3 is 5.11 Å². The molecule has 9 rings (SSSR count). The highest BCUT2D eigenvalue weighted by Gasteiger charge is 2.29. The molecular weight excluding hydrogens is 743 g/mol. The van der Waals surface area contributed by atoms with Crippen molar-refractivity contribution in [2.75, 3.05) is 0 Å². The smallest absolute Gasteiger partial charge is 0.149 e. The van der Waals surface area contributed by atoms with Gasteiger partial charge in [0.25, 0.3) is 0 Å². The van der Waals surface area contributed by atoms with E-state index < -0.39 is 23.5 Å². The molecule has 0 radical (unpaired) electrons. The van der Waals surface area contributed by atoms with E-state index >= 15 is 0 Å².